The molecule has 10 heteroatoms. The van der Waals surface area contributed by atoms with Gasteiger partial charge in [-0.2, -0.15) is 0 Å². The molecule has 0 bridgehead atoms. The Labute approximate surface area is 193 Å². The van der Waals surface area contributed by atoms with Gasteiger partial charge >= 0.3 is 0 Å². The number of pyridine rings is 1. The summed E-state index contributed by atoms with van der Waals surface area (Å²) < 4.78 is 1.80. The Bertz CT molecular complexity index is 1350. The first-order valence-electron chi connectivity index (χ1n) is 9.42. The van der Waals surface area contributed by atoms with Crippen molar-refractivity contribution in [2.75, 3.05) is 12.4 Å². The summed E-state index contributed by atoms with van der Waals surface area (Å²) in [5.74, 6) is -1.09. The molecule has 4 rings (SSSR count). The average molecular weight is 470 g/mol. The van der Waals surface area contributed by atoms with E-state index in [0.717, 1.165) is 5.52 Å². The van der Waals surface area contributed by atoms with Gasteiger partial charge in [-0.3, -0.25) is 14.4 Å². The summed E-state index contributed by atoms with van der Waals surface area (Å²) in [5, 5.41) is 3.37. The third-order valence-electron chi connectivity index (χ3n) is 4.78. The van der Waals surface area contributed by atoms with Crippen molar-refractivity contribution >= 4 is 46.2 Å². The lowest BCUT2D eigenvalue weighted by molar-refractivity contribution is 0.0538. The fourth-order valence-corrected chi connectivity index (χ4v) is 3.89. The third kappa shape index (κ3) is 4.03. The number of amides is 2. The number of hydroxylamine groups is 1. The van der Waals surface area contributed by atoms with E-state index < -0.39 is 11.8 Å². The van der Waals surface area contributed by atoms with Crippen molar-refractivity contribution in [2.24, 2.45) is 0 Å². The molecule has 4 aromatic rings. The maximum atomic E-state index is 13.4. The van der Waals surface area contributed by atoms with Crippen LogP contribution in [0.3, 0.4) is 0 Å². The molecule has 0 atom stereocenters. The van der Waals surface area contributed by atoms with Gasteiger partial charge in [0.25, 0.3) is 11.8 Å². The molecule has 0 saturated heterocycles. The molecular formula is C22H17Cl2N5O3. The summed E-state index contributed by atoms with van der Waals surface area (Å²) >= 11 is 12.5. The maximum Gasteiger partial charge on any atom is 0.277 e. The number of hydrogen-bond acceptors (Lipinski definition) is 5. The van der Waals surface area contributed by atoms with Crippen LogP contribution in [0.15, 0.2) is 55.0 Å². The number of carbonyl (C=O) groups is 2. The Morgan fingerprint density at radius 2 is 1.91 bits per heavy atom. The summed E-state index contributed by atoms with van der Waals surface area (Å²) in [6, 6.07) is 10.3. The Morgan fingerprint density at radius 1 is 1.09 bits per heavy atom. The fraction of sp³-hybridized carbons (Fsp3) is 0.0909. The number of carbonyl (C=O) groups excluding carboxylic acids is 2. The SMILES string of the molecule is CONC(=O)c1cc(Cl)cc(C)c1NC(=O)c1ncc2cccn2c1-c1cccnc1Cl. The first-order chi connectivity index (χ1) is 15.4. The number of hydrogen-bond donors (Lipinski definition) is 2. The van der Waals surface area contributed by atoms with Gasteiger partial charge in [0.2, 0.25) is 0 Å². The van der Waals surface area contributed by atoms with E-state index in [-0.39, 0.29) is 22.1 Å². The second-order valence-corrected chi connectivity index (χ2v) is 7.63. The molecule has 0 aliphatic carbocycles. The van der Waals surface area contributed by atoms with Crippen molar-refractivity contribution in [1.82, 2.24) is 19.8 Å². The minimum absolute atomic E-state index is 0.107. The van der Waals surface area contributed by atoms with Crippen LogP contribution >= 0.6 is 23.2 Å². The van der Waals surface area contributed by atoms with Crippen molar-refractivity contribution in [3.63, 3.8) is 0 Å². The number of aromatic nitrogens is 3. The van der Waals surface area contributed by atoms with Crippen molar-refractivity contribution in [3.8, 4) is 11.3 Å². The van der Waals surface area contributed by atoms with E-state index in [1.165, 1.54) is 13.2 Å². The summed E-state index contributed by atoms with van der Waals surface area (Å²) in [4.78, 5) is 39.1. The van der Waals surface area contributed by atoms with Crippen LogP contribution in [0, 0.1) is 6.92 Å². The Kier molecular flexibility index (Phi) is 6.09. The number of fused-ring (bicyclic) bond motifs is 1. The molecule has 0 radical (unpaired) electrons. The van der Waals surface area contributed by atoms with Crippen molar-refractivity contribution < 1.29 is 14.4 Å². The van der Waals surface area contributed by atoms with E-state index in [0.29, 0.717) is 21.8 Å². The predicted octanol–water partition coefficient (Wildman–Crippen LogP) is 4.56. The zero-order chi connectivity index (χ0) is 22.8. The zero-order valence-electron chi connectivity index (χ0n) is 17.0. The molecule has 0 saturated carbocycles. The zero-order valence-corrected chi connectivity index (χ0v) is 18.5. The summed E-state index contributed by atoms with van der Waals surface area (Å²) in [6.07, 6.45) is 4.94. The normalized spacial score (nSPS) is 10.9. The van der Waals surface area contributed by atoms with Crippen LogP contribution in [0.5, 0.6) is 0 Å². The van der Waals surface area contributed by atoms with E-state index >= 15 is 0 Å². The predicted molar refractivity (Wildman–Crippen MR) is 122 cm³/mol. The fourth-order valence-electron chi connectivity index (χ4n) is 3.40. The summed E-state index contributed by atoms with van der Waals surface area (Å²) in [6.45, 7) is 1.73. The van der Waals surface area contributed by atoms with Crippen LogP contribution in [0.2, 0.25) is 10.2 Å². The number of aryl methyl sites for hydroxylation is 1. The average Bonchev–Trinajstić information content (AvgIpc) is 3.24. The smallest absolute Gasteiger partial charge is 0.277 e. The molecule has 0 aliphatic rings. The van der Waals surface area contributed by atoms with Gasteiger partial charge in [0, 0.05) is 23.0 Å². The van der Waals surface area contributed by atoms with Crippen LogP contribution in [-0.4, -0.2) is 33.3 Å². The van der Waals surface area contributed by atoms with Gasteiger partial charge in [0.05, 0.1) is 35.8 Å². The minimum atomic E-state index is -0.558. The molecule has 0 unspecified atom stereocenters. The van der Waals surface area contributed by atoms with Gasteiger partial charge in [-0.25, -0.2) is 15.4 Å². The number of nitrogens with zero attached hydrogens (tertiary/aromatic N) is 3. The largest absolute Gasteiger partial charge is 0.320 e. The summed E-state index contributed by atoms with van der Waals surface area (Å²) in [7, 11) is 1.31. The second-order valence-electron chi connectivity index (χ2n) is 6.83. The van der Waals surface area contributed by atoms with Gasteiger partial charge in [0.15, 0.2) is 5.69 Å². The number of nitrogens with one attached hydrogen (secondary N) is 2. The standard InChI is InChI=1S/C22H17Cl2N5O3/c1-12-9-13(23)10-16(21(30)28-32-2)17(12)27-22(31)18-19(15-6-3-7-25-20(15)24)29-8-4-5-14(29)11-26-18/h3-11H,1-2H3,(H,27,31)(H,28,30). The minimum Gasteiger partial charge on any atom is -0.320 e. The molecule has 0 spiro atoms. The van der Waals surface area contributed by atoms with Gasteiger partial charge in [-0.1, -0.05) is 23.2 Å². The van der Waals surface area contributed by atoms with E-state index in [2.05, 4.69) is 20.8 Å². The summed E-state index contributed by atoms with van der Waals surface area (Å²) in [5.41, 5.74) is 5.16. The molecule has 1 aromatic carbocycles. The van der Waals surface area contributed by atoms with Crippen molar-refractivity contribution in [2.45, 2.75) is 6.92 Å². The molecule has 0 aliphatic heterocycles. The van der Waals surface area contributed by atoms with Gasteiger partial charge in [0.1, 0.15) is 5.15 Å². The lowest BCUT2D eigenvalue weighted by Crippen LogP contribution is -2.25. The second kappa shape index (κ2) is 8.96. The Hall–Kier alpha value is -3.46. The highest BCUT2D eigenvalue weighted by atomic mass is 35.5. The third-order valence-corrected chi connectivity index (χ3v) is 5.30. The van der Waals surface area contributed by atoms with Crippen LogP contribution in [0.25, 0.3) is 16.8 Å². The highest BCUT2D eigenvalue weighted by Gasteiger charge is 2.23. The highest BCUT2D eigenvalue weighted by molar-refractivity contribution is 6.32. The van der Waals surface area contributed by atoms with Gasteiger partial charge in [-0.15, -0.1) is 0 Å². The number of benzene rings is 1. The van der Waals surface area contributed by atoms with Crippen LogP contribution in [-0.2, 0) is 4.84 Å². The van der Waals surface area contributed by atoms with E-state index in [1.54, 1.807) is 48.1 Å². The number of anilines is 1. The topological polar surface area (TPSA) is 97.6 Å². The maximum absolute atomic E-state index is 13.4. The quantitative estimate of drug-likeness (QED) is 0.329. The lowest BCUT2D eigenvalue weighted by Gasteiger charge is -2.16. The van der Waals surface area contributed by atoms with Crippen molar-refractivity contribution in [1.29, 1.82) is 0 Å². The molecule has 32 heavy (non-hydrogen) atoms. The Balaban J connectivity index is 1.84. The first-order valence-corrected chi connectivity index (χ1v) is 10.2. The van der Waals surface area contributed by atoms with E-state index in [9.17, 15) is 9.59 Å². The first kappa shape index (κ1) is 21.8. The van der Waals surface area contributed by atoms with Crippen LogP contribution in [0.4, 0.5) is 5.69 Å². The molecule has 8 nitrogen and oxygen atoms in total. The Morgan fingerprint density at radius 3 is 2.66 bits per heavy atom. The molecule has 3 aromatic heterocycles. The van der Waals surface area contributed by atoms with E-state index in [4.69, 9.17) is 28.0 Å². The van der Waals surface area contributed by atoms with Gasteiger partial charge < -0.3 is 9.72 Å². The molecule has 162 valence electrons. The molecule has 2 amide bonds. The molecule has 0 fully saturated rings. The molecular weight excluding hydrogens is 453 g/mol. The highest BCUT2D eigenvalue weighted by Crippen LogP contribution is 2.31. The van der Waals surface area contributed by atoms with Crippen LogP contribution in [0.1, 0.15) is 26.4 Å². The monoisotopic (exact) mass is 469 g/mol. The number of halogens is 2. The van der Waals surface area contributed by atoms with Crippen LogP contribution < -0.4 is 10.8 Å². The molecule has 2 N–H and O–H groups in total. The van der Waals surface area contributed by atoms with Crippen molar-refractivity contribution in [3.05, 3.63) is 82.0 Å². The van der Waals surface area contributed by atoms with Gasteiger partial charge in [-0.05, 0) is 48.9 Å². The number of rotatable bonds is 5. The molecule has 3 heterocycles. The lowest BCUT2D eigenvalue weighted by atomic mass is 10.1. The van der Waals surface area contributed by atoms with E-state index in [1.807, 2.05) is 12.1 Å².